The molecule has 0 atom stereocenters. The number of benzene rings is 2. The molecule has 1 N–H and O–H groups in total. The molecule has 0 saturated heterocycles. The average molecular weight is 273 g/mol. The molecule has 0 fully saturated rings. The molecule has 2 aromatic carbocycles. The Bertz CT molecular complexity index is 569. The summed E-state index contributed by atoms with van der Waals surface area (Å²) in [6, 6.07) is 13.0. The van der Waals surface area contributed by atoms with E-state index < -0.39 is 0 Å². The summed E-state index contributed by atoms with van der Waals surface area (Å²) in [7, 11) is 0. The SMILES string of the molecule is CCCOc1cccc(CNc2cccc(F)c2C)c1. The summed E-state index contributed by atoms with van der Waals surface area (Å²) in [5.41, 5.74) is 2.58. The van der Waals surface area contributed by atoms with E-state index in [1.165, 1.54) is 6.07 Å². The highest BCUT2D eigenvalue weighted by molar-refractivity contribution is 5.51. The van der Waals surface area contributed by atoms with Gasteiger partial charge in [0, 0.05) is 17.8 Å². The number of nitrogens with one attached hydrogen (secondary N) is 1. The highest BCUT2D eigenvalue weighted by atomic mass is 19.1. The van der Waals surface area contributed by atoms with Crippen molar-refractivity contribution in [1.82, 2.24) is 0 Å². The maximum absolute atomic E-state index is 13.4. The van der Waals surface area contributed by atoms with Crippen LogP contribution in [-0.2, 0) is 6.54 Å². The first kappa shape index (κ1) is 14.4. The minimum Gasteiger partial charge on any atom is -0.494 e. The van der Waals surface area contributed by atoms with E-state index in [9.17, 15) is 4.39 Å². The third-order valence-corrected chi connectivity index (χ3v) is 3.12. The lowest BCUT2D eigenvalue weighted by molar-refractivity contribution is 0.317. The molecule has 0 aliphatic carbocycles. The molecule has 3 heteroatoms. The van der Waals surface area contributed by atoms with Crippen molar-refractivity contribution >= 4 is 5.69 Å². The van der Waals surface area contributed by atoms with Crippen molar-refractivity contribution in [3.8, 4) is 5.75 Å². The second kappa shape index (κ2) is 6.94. The van der Waals surface area contributed by atoms with Crippen LogP contribution in [0.5, 0.6) is 5.75 Å². The number of ether oxygens (including phenoxy) is 1. The Morgan fingerprint density at radius 3 is 2.75 bits per heavy atom. The molecule has 0 aromatic heterocycles. The van der Waals surface area contributed by atoms with Crippen LogP contribution >= 0.6 is 0 Å². The van der Waals surface area contributed by atoms with Gasteiger partial charge in [-0.1, -0.05) is 25.1 Å². The predicted molar refractivity (Wildman–Crippen MR) is 80.7 cm³/mol. The molecule has 0 spiro atoms. The number of anilines is 1. The lowest BCUT2D eigenvalue weighted by Crippen LogP contribution is -2.02. The van der Waals surface area contributed by atoms with Gasteiger partial charge in [0.1, 0.15) is 11.6 Å². The summed E-state index contributed by atoms with van der Waals surface area (Å²) in [5.74, 6) is 0.692. The third kappa shape index (κ3) is 3.73. The molecule has 20 heavy (non-hydrogen) atoms. The Hall–Kier alpha value is -2.03. The number of hydrogen-bond donors (Lipinski definition) is 1. The fraction of sp³-hybridized carbons (Fsp3) is 0.294. The van der Waals surface area contributed by atoms with Crippen molar-refractivity contribution in [3.05, 3.63) is 59.4 Å². The molecular formula is C17H20FNO. The summed E-state index contributed by atoms with van der Waals surface area (Å²) in [6.07, 6.45) is 0.991. The van der Waals surface area contributed by atoms with Gasteiger partial charge >= 0.3 is 0 Å². The van der Waals surface area contributed by atoms with Gasteiger partial charge < -0.3 is 10.1 Å². The van der Waals surface area contributed by atoms with Crippen LogP contribution in [0.2, 0.25) is 0 Å². The summed E-state index contributed by atoms with van der Waals surface area (Å²) >= 11 is 0. The van der Waals surface area contributed by atoms with E-state index in [1.807, 2.05) is 30.3 Å². The summed E-state index contributed by atoms with van der Waals surface area (Å²) in [4.78, 5) is 0. The van der Waals surface area contributed by atoms with Crippen LogP contribution in [0.1, 0.15) is 24.5 Å². The lowest BCUT2D eigenvalue weighted by Gasteiger charge is -2.11. The number of hydrogen-bond acceptors (Lipinski definition) is 2. The summed E-state index contributed by atoms with van der Waals surface area (Å²) in [5, 5.41) is 3.26. The summed E-state index contributed by atoms with van der Waals surface area (Å²) < 4.78 is 19.1. The van der Waals surface area contributed by atoms with E-state index in [2.05, 4.69) is 12.2 Å². The van der Waals surface area contributed by atoms with Crippen molar-refractivity contribution < 1.29 is 9.13 Å². The van der Waals surface area contributed by atoms with Gasteiger partial charge in [-0.05, 0) is 43.2 Å². The fourth-order valence-corrected chi connectivity index (χ4v) is 1.96. The molecule has 0 saturated carbocycles. The Morgan fingerprint density at radius 2 is 1.95 bits per heavy atom. The van der Waals surface area contributed by atoms with Gasteiger partial charge in [0.2, 0.25) is 0 Å². The lowest BCUT2D eigenvalue weighted by atomic mass is 10.1. The first-order valence-electron chi connectivity index (χ1n) is 6.91. The maximum Gasteiger partial charge on any atom is 0.128 e. The Balaban J connectivity index is 2.01. The van der Waals surface area contributed by atoms with E-state index in [0.717, 1.165) is 30.0 Å². The molecule has 0 aliphatic rings. The molecule has 106 valence electrons. The zero-order valence-electron chi connectivity index (χ0n) is 11.9. The van der Waals surface area contributed by atoms with Crippen molar-refractivity contribution in [2.24, 2.45) is 0 Å². The molecule has 2 aromatic rings. The zero-order chi connectivity index (χ0) is 14.4. The molecule has 0 heterocycles. The second-order valence-electron chi connectivity index (χ2n) is 4.76. The van der Waals surface area contributed by atoms with E-state index in [1.54, 1.807) is 13.0 Å². The van der Waals surface area contributed by atoms with E-state index in [4.69, 9.17) is 4.74 Å². The first-order chi connectivity index (χ1) is 9.70. The van der Waals surface area contributed by atoms with Gasteiger partial charge in [-0.25, -0.2) is 4.39 Å². The van der Waals surface area contributed by atoms with E-state index in [0.29, 0.717) is 12.1 Å². The maximum atomic E-state index is 13.4. The van der Waals surface area contributed by atoms with Gasteiger partial charge in [0.05, 0.1) is 6.61 Å². The van der Waals surface area contributed by atoms with Crippen molar-refractivity contribution in [3.63, 3.8) is 0 Å². The average Bonchev–Trinajstić information content (AvgIpc) is 2.47. The predicted octanol–water partition coefficient (Wildman–Crippen LogP) is 4.54. The molecule has 0 bridgehead atoms. The Kier molecular flexibility index (Phi) is 4.99. The quantitative estimate of drug-likeness (QED) is 0.834. The second-order valence-corrected chi connectivity index (χ2v) is 4.76. The molecule has 0 unspecified atom stereocenters. The minimum absolute atomic E-state index is 0.185. The van der Waals surface area contributed by atoms with Gasteiger partial charge in [0.15, 0.2) is 0 Å². The Morgan fingerprint density at radius 1 is 1.15 bits per heavy atom. The molecule has 2 nitrogen and oxygen atoms in total. The van der Waals surface area contributed by atoms with Gasteiger partial charge in [-0.3, -0.25) is 0 Å². The minimum atomic E-state index is -0.185. The molecule has 2 rings (SSSR count). The molecule has 0 radical (unpaired) electrons. The van der Waals surface area contributed by atoms with Crippen LogP contribution in [0.25, 0.3) is 0 Å². The third-order valence-electron chi connectivity index (χ3n) is 3.12. The van der Waals surface area contributed by atoms with Crippen LogP contribution in [0, 0.1) is 12.7 Å². The number of halogens is 1. The fourth-order valence-electron chi connectivity index (χ4n) is 1.96. The largest absolute Gasteiger partial charge is 0.494 e. The van der Waals surface area contributed by atoms with Crippen LogP contribution in [0.4, 0.5) is 10.1 Å². The summed E-state index contributed by atoms with van der Waals surface area (Å²) in [6.45, 7) is 5.23. The van der Waals surface area contributed by atoms with Crippen molar-refractivity contribution in [2.75, 3.05) is 11.9 Å². The Labute approximate surface area is 119 Å². The monoisotopic (exact) mass is 273 g/mol. The van der Waals surface area contributed by atoms with Gasteiger partial charge in [-0.15, -0.1) is 0 Å². The zero-order valence-corrected chi connectivity index (χ0v) is 11.9. The van der Waals surface area contributed by atoms with Gasteiger partial charge in [-0.2, -0.15) is 0 Å². The smallest absolute Gasteiger partial charge is 0.128 e. The molecule has 0 aliphatic heterocycles. The van der Waals surface area contributed by atoms with Crippen LogP contribution in [-0.4, -0.2) is 6.61 Å². The van der Waals surface area contributed by atoms with Crippen LogP contribution < -0.4 is 10.1 Å². The molecular weight excluding hydrogens is 253 g/mol. The standard InChI is InChI=1S/C17H20FNO/c1-3-10-20-15-7-4-6-14(11-15)12-19-17-9-5-8-16(18)13(17)2/h4-9,11,19H,3,10,12H2,1-2H3. The number of rotatable bonds is 6. The van der Waals surface area contributed by atoms with Gasteiger partial charge in [0.25, 0.3) is 0 Å². The van der Waals surface area contributed by atoms with Crippen molar-refractivity contribution in [2.45, 2.75) is 26.8 Å². The van der Waals surface area contributed by atoms with Crippen LogP contribution in [0.3, 0.4) is 0 Å². The van der Waals surface area contributed by atoms with E-state index in [-0.39, 0.29) is 5.82 Å². The highest BCUT2D eigenvalue weighted by Gasteiger charge is 2.03. The first-order valence-corrected chi connectivity index (χ1v) is 6.91. The normalized spacial score (nSPS) is 10.3. The van der Waals surface area contributed by atoms with Crippen molar-refractivity contribution in [1.29, 1.82) is 0 Å². The van der Waals surface area contributed by atoms with E-state index >= 15 is 0 Å². The highest BCUT2D eigenvalue weighted by Crippen LogP contribution is 2.19. The topological polar surface area (TPSA) is 21.3 Å². The van der Waals surface area contributed by atoms with Crippen LogP contribution in [0.15, 0.2) is 42.5 Å². The molecule has 0 amide bonds.